The van der Waals surface area contributed by atoms with Crippen LogP contribution in [0.25, 0.3) is 0 Å². The van der Waals surface area contributed by atoms with Gasteiger partial charge in [0.05, 0.1) is 6.54 Å². The van der Waals surface area contributed by atoms with E-state index in [9.17, 15) is 0 Å². The molecule has 0 N–H and O–H groups in total. The van der Waals surface area contributed by atoms with Gasteiger partial charge < -0.3 is 4.74 Å². The van der Waals surface area contributed by atoms with Gasteiger partial charge in [-0.15, -0.1) is 0 Å². The van der Waals surface area contributed by atoms with Crippen LogP contribution in [-0.2, 0) is 4.74 Å². The van der Waals surface area contributed by atoms with Crippen LogP contribution >= 0.6 is 15.9 Å². The molecule has 0 saturated heterocycles. The third-order valence-electron chi connectivity index (χ3n) is 1.88. The molecule has 1 aliphatic heterocycles. The molecule has 0 aromatic heterocycles. The predicted molar refractivity (Wildman–Crippen MR) is 56.1 cm³/mol. The maximum atomic E-state index is 5.53. The summed E-state index contributed by atoms with van der Waals surface area (Å²) < 4.78 is 6.58. The van der Waals surface area contributed by atoms with Crippen LogP contribution in [0.2, 0.25) is 0 Å². The number of rotatable bonds is 1. The van der Waals surface area contributed by atoms with E-state index in [4.69, 9.17) is 4.74 Å². The van der Waals surface area contributed by atoms with E-state index in [1.54, 1.807) is 0 Å². The van der Waals surface area contributed by atoms with Crippen molar-refractivity contribution in [3.8, 4) is 0 Å². The summed E-state index contributed by atoms with van der Waals surface area (Å²) in [5.41, 5.74) is 1.04. The van der Waals surface area contributed by atoms with Gasteiger partial charge in [-0.25, -0.2) is 4.99 Å². The van der Waals surface area contributed by atoms with E-state index >= 15 is 0 Å². The van der Waals surface area contributed by atoms with Gasteiger partial charge in [-0.1, -0.05) is 22.0 Å². The Bertz CT molecular complexity index is 349. The van der Waals surface area contributed by atoms with Crippen LogP contribution in [0.15, 0.2) is 33.7 Å². The number of aliphatic imine (C=N–C) groups is 1. The van der Waals surface area contributed by atoms with Crippen molar-refractivity contribution >= 4 is 21.8 Å². The summed E-state index contributed by atoms with van der Waals surface area (Å²) >= 11 is 3.41. The summed E-state index contributed by atoms with van der Waals surface area (Å²) in [5.74, 6) is 0.758. The predicted octanol–water partition coefficient (Wildman–Crippen LogP) is 2.61. The third-order valence-corrected chi connectivity index (χ3v) is 2.37. The molecule has 0 bridgehead atoms. The van der Waals surface area contributed by atoms with Crippen LogP contribution < -0.4 is 0 Å². The minimum Gasteiger partial charge on any atom is -0.472 e. The molecule has 1 aliphatic rings. The van der Waals surface area contributed by atoms with Gasteiger partial charge in [0.15, 0.2) is 0 Å². The fourth-order valence-corrected chi connectivity index (χ4v) is 1.66. The number of ether oxygens (including phenoxy) is 1. The first-order valence-corrected chi connectivity index (χ1v) is 5.02. The molecule has 1 aromatic rings. The van der Waals surface area contributed by atoms with E-state index in [-0.39, 0.29) is 6.10 Å². The van der Waals surface area contributed by atoms with Gasteiger partial charge in [0, 0.05) is 10.0 Å². The number of hydrogen-bond acceptors (Lipinski definition) is 2. The average Bonchev–Trinajstić information content (AvgIpc) is 2.52. The van der Waals surface area contributed by atoms with Crippen molar-refractivity contribution in [1.82, 2.24) is 0 Å². The molecule has 2 nitrogen and oxygen atoms in total. The zero-order valence-corrected chi connectivity index (χ0v) is 8.91. The van der Waals surface area contributed by atoms with Crippen molar-refractivity contribution in [1.29, 1.82) is 0 Å². The zero-order valence-electron chi connectivity index (χ0n) is 7.33. The Morgan fingerprint density at radius 1 is 1.54 bits per heavy atom. The minimum atomic E-state index is 0.217. The highest BCUT2D eigenvalue weighted by molar-refractivity contribution is 9.10. The Morgan fingerprint density at radius 3 is 3.00 bits per heavy atom. The minimum absolute atomic E-state index is 0.217. The summed E-state index contributed by atoms with van der Waals surface area (Å²) in [7, 11) is 0. The van der Waals surface area contributed by atoms with Gasteiger partial charge in [-0.3, -0.25) is 0 Å². The Balaban J connectivity index is 2.26. The highest BCUT2D eigenvalue weighted by Gasteiger charge is 2.16. The molecular formula is C10H10BrNO. The summed E-state index contributed by atoms with van der Waals surface area (Å²) in [6.45, 7) is 2.79. The van der Waals surface area contributed by atoms with Crippen molar-refractivity contribution in [3.63, 3.8) is 0 Å². The van der Waals surface area contributed by atoms with E-state index in [2.05, 4.69) is 20.9 Å². The number of benzene rings is 1. The van der Waals surface area contributed by atoms with Gasteiger partial charge in [0.2, 0.25) is 5.90 Å². The van der Waals surface area contributed by atoms with Crippen LogP contribution in [0, 0.1) is 0 Å². The molecule has 0 aliphatic carbocycles. The van der Waals surface area contributed by atoms with Gasteiger partial charge >= 0.3 is 0 Å². The van der Waals surface area contributed by atoms with Crippen LogP contribution in [-0.4, -0.2) is 18.5 Å². The smallest absolute Gasteiger partial charge is 0.216 e. The summed E-state index contributed by atoms with van der Waals surface area (Å²) in [5, 5.41) is 0. The van der Waals surface area contributed by atoms with E-state index in [0.717, 1.165) is 22.5 Å². The van der Waals surface area contributed by atoms with Crippen LogP contribution in [0.5, 0.6) is 0 Å². The second-order valence-corrected chi connectivity index (χ2v) is 4.00. The molecule has 0 radical (unpaired) electrons. The molecule has 13 heavy (non-hydrogen) atoms. The quantitative estimate of drug-likeness (QED) is 0.739. The lowest BCUT2D eigenvalue weighted by atomic mass is 10.2. The van der Waals surface area contributed by atoms with E-state index in [1.807, 2.05) is 31.2 Å². The molecule has 1 heterocycles. The largest absolute Gasteiger partial charge is 0.472 e. The molecule has 1 unspecified atom stereocenters. The molecule has 3 heteroatoms. The summed E-state index contributed by atoms with van der Waals surface area (Å²) in [4.78, 5) is 4.30. The molecule has 1 atom stereocenters. The van der Waals surface area contributed by atoms with Gasteiger partial charge in [-0.2, -0.15) is 0 Å². The first-order chi connectivity index (χ1) is 6.25. The second-order valence-electron chi connectivity index (χ2n) is 3.08. The molecule has 0 fully saturated rings. The standard InChI is InChI=1S/C10H10BrNO/c1-7-6-12-10(13-7)8-3-2-4-9(11)5-8/h2-5,7H,6H2,1H3. The van der Waals surface area contributed by atoms with Crippen molar-refractivity contribution in [2.75, 3.05) is 6.54 Å². The zero-order chi connectivity index (χ0) is 9.26. The van der Waals surface area contributed by atoms with Crippen LogP contribution in [0.3, 0.4) is 0 Å². The second kappa shape index (κ2) is 3.50. The fraction of sp³-hybridized carbons (Fsp3) is 0.300. The highest BCUT2D eigenvalue weighted by atomic mass is 79.9. The topological polar surface area (TPSA) is 21.6 Å². The maximum absolute atomic E-state index is 5.53. The summed E-state index contributed by atoms with van der Waals surface area (Å²) in [6, 6.07) is 7.98. The molecule has 68 valence electrons. The molecule has 2 rings (SSSR count). The number of halogens is 1. The molecule has 0 spiro atoms. The first-order valence-electron chi connectivity index (χ1n) is 4.23. The highest BCUT2D eigenvalue weighted by Crippen LogP contribution is 2.16. The monoisotopic (exact) mass is 239 g/mol. The fourth-order valence-electron chi connectivity index (χ4n) is 1.26. The van der Waals surface area contributed by atoms with Crippen molar-refractivity contribution < 1.29 is 4.74 Å². The van der Waals surface area contributed by atoms with Gasteiger partial charge in [-0.05, 0) is 25.1 Å². The average molecular weight is 240 g/mol. The Morgan fingerprint density at radius 2 is 2.38 bits per heavy atom. The Labute approximate surface area is 85.8 Å². The lowest BCUT2D eigenvalue weighted by Crippen LogP contribution is -2.08. The number of hydrogen-bond donors (Lipinski definition) is 0. The van der Waals surface area contributed by atoms with Crippen LogP contribution in [0.4, 0.5) is 0 Å². The van der Waals surface area contributed by atoms with Crippen LogP contribution in [0.1, 0.15) is 12.5 Å². The molecular weight excluding hydrogens is 230 g/mol. The summed E-state index contributed by atoms with van der Waals surface area (Å²) in [6.07, 6.45) is 0.217. The van der Waals surface area contributed by atoms with E-state index in [0.29, 0.717) is 0 Å². The van der Waals surface area contributed by atoms with Gasteiger partial charge in [0.1, 0.15) is 6.10 Å². The van der Waals surface area contributed by atoms with E-state index in [1.165, 1.54) is 0 Å². The lowest BCUT2D eigenvalue weighted by molar-refractivity contribution is 0.246. The Hall–Kier alpha value is -0.830. The van der Waals surface area contributed by atoms with Crippen molar-refractivity contribution in [2.45, 2.75) is 13.0 Å². The Kier molecular flexibility index (Phi) is 2.36. The molecule has 0 amide bonds. The first kappa shape index (κ1) is 8.75. The van der Waals surface area contributed by atoms with E-state index < -0.39 is 0 Å². The number of nitrogens with zero attached hydrogens (tertiary/aromatic N) is 1. The third kappa shape index (κ3) is 1.91. The maximum Gasteiger partial charge on any atom is 0.216 e. The molecule has 1 aromatic carbocycles. The SMILES string of the molecule is CC1CN=C(c2cccc(Br)c2)O1. The van der Waals surface area contributed by atoms with Gasteiger partial charge in [0.25, 0.3) is 0 Å². The van der Waals surface area contributed by atoms with Crippen molar-refractivity contribution in [2.24, 2.45) is 4.99 Å². The molecule has 0 saturated carbocycles. The van der Waals surface area contributed by atoms with Crippen molar-refractivity contribution in [3.05, 3.63) is 34.3 Å². The lowest BCUT2D eigenvalue weighted by Gasteiger charge is -2.05. The normalized spacial score (nSPS) is 21.1.